The van der Waals surface area contributed by atoms with Gasteiger partial charge < -0.3 is 19.8 Å². The van der Waals surface area contributed by atoms with E-state index in [1.165, 1.54) is 21.0 Å². The van der Waals surface area contributed by atoms with Gasteiger partial charge in [0.2, 0.25) is 0 Å². The third kappa shape index (κ3) is 6.42. The second-order valence-corrected chi connectivity index (χ2v) is 17.2. The van der Waals surface area contributed by atoms with Crippen LogP contribution < -0.4 is 14.8 Å². The molecule has 4 heterocycles. The predicted octanol–water partition coefficient (Wildman–Crippen LogP) is 9.96. The Morgan fingerprint density at radius 2 is 1.70 bits per heavy atom. The van der Waals surface area contributed by atoms with Crippen LogP contribution in [0.4, 0.5) is 5.69 Å². The lowest BCUT2D eigenvalue weighted by Crippen LogP contribution is -2.12. The molecule has 5 aromatic carbocycles. The second kappa shape index (κ2) is 14.2. The zero-order chi connectivity index (χ0) is 38.6. The van der Waals surface area contributed by atoms with E-state index in [4.69, 9.17) is 9.47 Å². The monoisotopic (exact) mass is 779 g/mol. The molecule has 2 N–H and O–H groups in total. The lowest BCUT2D eigenvalue weighted by Gasteiger charge is -2.19. The first-order valence-corrected chi connectivity index (χ1v) is 20.7. The fourth-order valence-corrected chi connectivity index (χ4v) is 10.3. The molecule has 1 atom stereocenters. The molecule has 1 aliphatic heterocycles. The number of nitrogens with zero attached hydrogens (tertiary/aromatic N) is 1. The van der Waals surface area contributed by atoms with Crippen LogP contribution in [-0.2, 0) is 21.2 Å². The second-order valence-electron chi connectivity index (χ2n) is 14.2. The van der Waals surface area contributed by atoms with Crippen LogP contribution in [0.25, 0.3) is 31.9 Å². The van der Waals surface area contributed by atoms with Crippen LogP contribution in [-0.4, -0.2) is 35.9 Å². The van der Waals surface area contributed by atoms with E-state index < -0.39 is 22.0 Å². The Balaban J connectivity index is 1.15. The number of fused-ring (bicyclic) bond motifs is 5. The van der Waals surface area contributed by atoms with Gasteiger partial charge in [-0.2, -0.15) is 0 Å². The molecule has 1 aliphatic rings. The van der Waals surface area contributed by atoms with Gasteiger partial charge in [0.15, 0.2) is 0 Å². The number of ether oxygens (including phenoxy) is 2. The van der Waals surface area contributed by atoms with Gasteiger partial charge in [0.25, 0.3) is 10.0 Å². The zero-order valence-electron chi connectivity index (χ0n) is 30.7. The third-order valence-corrected chi connectivity index (χ3v) is 13.2. The number of aromatic amines is 1. The Bertz CT molecular complexity index is 2910. The Hall–Kier alpha value is -6.17. The van der Waals surface area contributed by atoms with Gasteiger partial charge in [-0.1, -0.05) is 54.1 Å². The summed E-state index contributed by atoms with van der Waals surface area (Å²) in [6, 6.07) is 33.4. The number of thiophene rings is 1. The van der Waals surface area contributed by atoms with Crippen molar-refractivity contribution in [2.75, 3.05) is 11.9 Å². The van der Waals surface area contributed by atoms with Crippen molar-refractivity contribution in [1.82, 2.24) is 8.96 Å². The molecule has 280 valence electrons. The highest BCUT2D eigenvalue weighted by atomic mass is 32.2. The van der Waals surface area contributed by atoms with Gasteiger partial charge in [-0.25, -0.2) is 17.2 Å². The largest absolute Gasteiger partial charge is 0.426 e. The van der Waals surface area contributed by atoms with Crippen LogP contribution >= 0.6 is 11.3 Å². The number of carbonyl (C=O) groups is 2. The molecular formula is C45H37N3O6S2. The fourth-order valence-electron chi connectivity index (χ4n) is 7.85. The standard InChI is InChI=1S/C45H37N3O6S2/c1-27-13-16-33(17-14-27)56(51,52)48-26-30(23-32-22-29-8-3-6-12-42(29)55-32)43-40(48)20-18-35-34(10-7-21-46-44(35)43)38-25-47-39-19-15-31(24-37(38)39)54-45(50)36-9-4-5-11-41(36)53-28(2)49/h3-6,8-9,11-20,22,24-26,34,46-47H,7,10,21,23H2,1-2H3. The molecule has 0 bridgehead atoms. The number of benzene rings is 5. The molecule has 56 heavy (non-hydrogen) atoms. The van der Waals surface area contributed by atoms with E-state index in [9.17, 15) is 18.0 Å². The topological polar surface area (TPSA) is 119 Å². The van der Waals surface area contributed by atoms with Gasteiger partial charge in [-0.15, -0.1) is 11.3 Å². The number of hydrogen-bond donors (Lipinski definition) is 2. The number of aryl methyl sites for hydroxylation is 1. The first-order valence-electron chi connectivity index (χ1n) is 18.4. The van der Waals surface area contributed by atoms with Gasteiger partial charge in [-0.05, 0) is 103 Å². The highest BCUT2D eigenvalue weighted by Gasteiger charge is 2.29. The molecular weight excluding hydrogens is 743 g/mol. The number of anilines is 1. The van der Waals surface area contributed by atoms with Gasteiger partial charge in [-0.3, -0.25) is 4.79 Å². The maximum Gasteiger partial charge on any atom is 0.347 e. The minimum Gasteiger partial charge on any atom is -0.426 e. The predicted molar refractivity (Wildman–Crippen MR) is 221 cm³/mol. The van der Waals surface area contributed by atoms with Crippen LogP contribution in [0.5, 0.6) is 11.5 Å². The molecule has 0 radical (unpaired) electrons. The number of hydrogen-bond acceptors (Lipinski definition) is 8. The van der Waals surface area contributed by atoms with Gasteiger partial charge in [0.05, 0.1) is 10.4 Å². The quantitative estimate of drug-likeness (QED) is 0.116. The average Bonchev–Trinajstić information content (AvgIpc) is 3.86. The summed E-state index contributed by atoms with van der Waals surface area (Å²) < 4.78 is 42.4. The van der Waals surface area contributed by atoms with E-state index in [0.717, 1.165) is 61.9 Å². The van der Waals surface area contributed by atoms with E-state index in [2.05, 4.69) is 34.6 Å². The summed E-state index contributed by atoms with van der Waals surface area (Å²) >= 11 is 1.72. The van der Waals surface area contributed by atoms with E-state index in [1.807, 2.05) is 55.6 Å². The third-order valence-electron chi connectivity index (χ3n) is 10.4. The summed E-state index contributed by atoms with van der Waals surface area (Å²) in [6.07, 6.45) is 6.10. The van der Waals surface area contributed by atoms with Crippen molar-refractivity contribution in [3.8, 4) is 11.5 Å². The minimum absolute atomic E-state index is 0.0528. The Labute approximate surface area is 327 Å². The molecule has 3 aromatic heterocycles. The number of carbonyl (C=O) groups excluding carboxylic acids is 2. The fraction of sp³-hybridized carbons (Fsp3) is 0.156. The normalized spacial score (nSPS) is 14.4. The number of nitrogens with one attached hydrogen (secondary N) is 2. The lowest BCUT2D eigenvalue weighted by molar-refractivity contribution is -0.131. The van der Waals surface area contributed by atoms with Crippen molar-refractivity contribution in [2.24, 2.45) is 0 Å². The van der Waals surface area contributed by atoms with Gasteiger partial charge in [0.1, 0.15) is 17.1 Å². The average molecular weight is 780 g/mol. The molecule has 0 saturated carbocycles. The zero-order valence-corrected chi connectivity index (χ0v) is 32.3. The number of aromatic nitrogens is 2. The Morgan fingerprint density at radius 1 is 0.893 bits per heavy atom. The Kier molecular flexibility index (Phi) is 8.98. The van der Waals surface area contributed by atoms with Gasteiger partial charge >= 0.3 is 11.9 Å². The molecule has 0 amide bonds. The number of rotatable bonds is 8. The summed E-state index contributed by atoms with van der Waals surface area (Å²) in [5, 5.41) is 6.69. The van der Waals surface area contributed by atoms with Crippen LogP contribution in [0.15, 0.2) is 126 Å². The van der Waals surface area contributed by atoms with E-state index in [0.29, 0.717) is 24.2 Å². The molecule has 0 saturated heterocycles. The van der Waals surface area contributed by atoms with Crippen LogP contribution in [0.1, 0.15) is 63.2 Å². The Morgan fingerprint density at radius 3 is 2.52 bits per heavy atom. The first-order chi connectivity index (χ1) is 27.1. The summed E-state index contributed by atoms with van der Waals surface area (Å²) in [7, 11) is -3.92. The number of para-hydroxylation sites is 1. The smallest absolute Gasteiger partial charge is 0.347 e. The van der Waals surface area contributed by atoms with Crippen molar-refractivity contribution in [3.63, 3.8) is 0 Å². The van der Waals surface area contributed by atoms with Crippen LogP contribution in [0, 0.1) is 6.92 Å². The maximum atomic E-state index is 14.3. The van der Waals surface area contributed by atoms with Crippen molar-refractivity contribution >= 4 is 70.9 Å². The van der Waals surface area contributed by atoms with E-state index in [-0.39, 0.29) is 22.1 Å². The van der Waals surface area contributed by atoms with E-state index in [1.54, 1.807) is 60.0 Å². The summed E-state index contributed by atoms with van der Waals surface area (Å²) in [6.45, 7) is 3.94. The molecule has 9 rings (SSSR count). The van der Waals surface area contributed by atoms with Crippen LogP contribution in [0.3, 0.4) is 0 Å². The van der Waals surface area contributed by atoms with Crippen molar-refractivity contribution in [3.05, 3.63) is 154 Å². The number of H-pyrrole nitrogens is 1. The van der Waals surface area contributed by atoms with Crippen LogP contribution in [0.2, 0.25) is 0 Å². The maximum absolute atomic E-state index is 14.3. The van der Waals surface area contributed by atoms with Crippen molar-refractivity contribution in [1.29, 1.82) is 0 Å². The lowest BCUT2D eigenvalue weighted by atomic mass is 9.86. The summed E-state index contributed by atoms with van der Waals surface area (Å²) in [5.74, 6) is -0.735. The van der Waals surface area contributed by atoms with Crippen molar-refractivity contribution in [2.45, 2.75) is 43.9 Å². The number of esters is 2. The molecule has 0 aliphatic carbocycles. The first kappa shape index (κ1) is 35.5. The molecule has 9 nitrogen and oxygen atoms in total. The molecule has 0 fully saturated rings. The summed E-state index contributed by atoms with van der Waals surface area (Å²) in [5.41, 5.74) is 6.60. The molecule has 8 aromatic rings. The minimum atomic E-state index is -3.92. The van der Waals surface area contributed by atoms with Gasteiger partial charge in [0, 0.05) is 69.8 Å². The highest BCUT2D eigenvalue weighted by molar-refractivity contribution is 7.90. The van der Waals surface area contributed by atoms with Crippen molar-refractivity contribution < 1.29 is 27.5 Å². The van der Waals surface area contributed by atoms with E-state index >= 15 is 0 Å². The molecule has 0 spiro atoms. The molecule has 11 heteroatoms. The summed E-state index contributed by atoms with van der Waals surface area (Å²) in [4.78, 5) is 29.8. The SMILES string of the molecule is CC(=O)Oc1ccccc1C(=O)Oc1ccc2[nH]cc(C3CCCNc4c3ccc3c4c(Cc4cc5ccccc5s4)cn3S(=O)(=O)c3ccc(C)cc3)c2c1. The highest BCUT2D eigenvalue weighted by Crippen LogP contribution is 2.45. The molecule has 1 unspecified atom stereocenters.